The van der Waals surface area contributed by atoms with Gasteiger partial charge in [-0.3, -0.25) is 19.3 Å². The van der Waals surface area contributed by atoms with E-state index in [0.717, 1.165) is 12.2 Å². The highest BCUT2D eigenvalue weighted by atomic mass is 16.3. The lowest BCUT2D eigenvalue weighted by atomic mass is 9.58. The van der Waals surface area contributed by atoms with Crippen molar-refractivity contribution in [3.05, 3.63) is 45.4 Å². The summed E-state index contributed by atoms with van der Waals surface area (Å²) in [5, 5.41) is 49.1. The number of ketones is 2. The van der Waals surface area contributed by atoms with Gasteiger partial charge in [0.2, 0.25) is 5.78 Å². The third-order valence-corrected chi connectivity index (χ3v) is 9.73. The number of hydrogen-bond donors (Lipinski definition) is 6. The molecule has 0 aromatic heterocycles. The molecule has 1 saturated carbocycles. The summed E-state index contributed by atoms with van der Waals surface area (Å²) in [6, 6.07) is 0.860. The molecule has 0 aliphatic heterocycles. The first-order valence-corrected chi connectivity index (χ1v) is 14.7. The van der Waals surface area contributed by atoms with Crippen LogP contribution in [0.15, 0.2) is 28.7 Å². The molecule has 7 N–H and O–H groups in total. The number of phenolic OH excluding ortho intramolecular Hbond substituents is 1. The van der Waals surface area contributed by atoms with E-state index in [9.17, 15) is 34.8 Å². The van der Waals surface area contributed by atoms with Gasteiger partial charge in [0, 0.05) is 43.4 Å². The van der Waals surface area contributed by atoms with Crippen LogP contribution in [0.1, 0.15) is 60.0 Å². The molecule has 0 radical (unpaired) electrons. The number of nitrogens with two attached hydrogens (primary N) is 1. The number of anilines is 1. The summed E-state index contributed by atoms with van der Waals surface area (Å²) in [4.78, 5) is 43.3. The molecule has 11 heteroatoms. The van der Waals surface area contributed by atoms with E-state index in [-0.39, 0.29) is 29.7 Å². The van der Waals surface area contributed by atoms with Crippen LogP contribution < -0.4 is 16.0 Å². The van der Waals surface area contributed by atoms with E-state index in [1.165, 1.54) is 32.1 Å². The summed E-state index contributed by atoms with van der Waals surface area (Å²) in [5.74, 6) is -5.86. The molecule has 42 heavy (non-hydrogen) atoms. The molecule has 0 unspecified atom stereocenters. The summed E-state index contributed by atoms with van der Waals surface area (Å²) in [6.45, 7) is 1.15. The molecular weight excluding hydrogens is 540 g/mol. The van der Waals surface area contributed by atoms with Crippen LogP contribution in [0.3, 0.4) is 0 Å². The number of aliphatic hydroxyl groups excluding tert-OH is 2. The molecule has 11 nitrogen and oxygen atoms in total. The zero-order valence-electron chi connectivity index (χ0n) is 24.7. The van der Waals surface area contributed by atoms with Crippen molar-refractivity contribution in [2.24, 2.45) is 23.5 Å². The van der Waals surface area contributed by atoms with Crippen molar-refractivity contribution < 1.29 is 34.8 Å². The molecule has 0 heterocycles. The number of Topliss-reactive ketones (excluding diaryl/α,β-unsaturated/α-hetero) is 2. The molecule has 1 fully saturated rings. The Kier molecular flexibility index (Phi) is 7.88. The standard InChI is InChI=1S/C31H42N4O7/c1-34(2)20-12-17(14-33-13-15-8-6-5-7-9-15)25(36)22-18(20)10-16-11-19-24(35(3)4)27(38)23(30(32)41)29(40)31(19,42)28(39)21(16)26(22)37/h12,15-16,19,24,33,36,38-39,42H,5-11,13-14H2,1-4H3,(H2,32,41)/t16-,19-,24-,31-/m0/s1. The Morgan fingerprint density at radius 1 is 1.10 bits per heavy atom. The number of fused-ring (bicyclic) bond motifs is 3. The second-order valence-corrected chi connectivity index (χ2v) is 12.7. The van der Waals surface area contributed by atoms with E-state index in [0.29, 0.717) is 23.6 Å². The maximum absolute atomic E-state index is 14.1. The summed E-state index contributed by atoms with van der Waals surface area (Å²) < 4.78 is 0. The molecule has 228 valence electrons. The Hall–Kier alpha value is -3.41. The van der Waals surface area contributed by atoms with Crippen LogP contribution in [0, 0.1) is 17.8 Å². The van der Waals surface area contributed by atoms with Gasteiger partial charge in [0.25, 0.3) is 5.91 Å². The molecule has 4 aliphatic rings. The summed E-state index contributed by atoms with van der Waals surface area (Å²) in [7, 11) is 6.93. The van der Waals surface area contributed by atoms with E-state index in [4.69, 9.17) is 5.73 Å². The fraction of sp³-hybridized carbons (Fsp3) is 0.581. The van der Waals surface area contributed by atoms with Crippen LogP contribution in [-0.2, 0) is 22.6 Å². The highest BCUT2D eigenvalue weighted by Gasteiger charge is 2.63. The van der Waals surface area contributed by atoms with Gasteiger partial charge in [0.15, 0.2) is 11.4 Å². The zero-order chi connectivity index (χ0) is 30.7. The molecule has 5 rings (SSSR count). The number of hydrogen-bond acceptors (Lipinski definition) is 10. The average molecular weight is 583 g/mol. The number of allylic oxidation sites excluding steroid dienone is 1. The molecule has 1 aromatic carbocycles. The number of primary amides is 1. The van der Waals surface area contributed by atoms with Crippen molar-refractivity contribution in [3.8, 4) is 5.75 Å². The van der Waals surface area contributed by atoms with E-state index in [1.54, 1.807) is 19.0 Å². The van der Waals surface area contributed by atoms with E-state index in [2.05, 4.69) is 5.32 Å². The average Bonchev–Trinajstić information content (AvgIpc) is 2.92. The largest absolute Gasteiger partial charge is 0.510 e. The van der Waals surface area contributed by atoms with Gasteiger partial charge in [0.1, 0.15) is 22.8 Å². The Balaban J connectivity index is 1.58. The Morgan fingerprint density at radius 2 is 1.76 bits per heavy atom. The van der Waals surface area contributed by atoms with Crippen LogP contribution in [0.5, 0.6) is 5.75 Å². The van der Waals surface area contributed by atoms with E-state index >= 15 is 0 Å². The van der Waals surface area contributed by atoms with Gasteiger partial charge in [-0.1, -0.05) is 19.3 Å². The van der Waals surface area contributed by atoms with E-state index < -0.39 is 58.0 Å². The normalized spacial score (nSPS) is 28.1. The maximum atomic E-state index is 14.1. The SMILES string of the molecule is CN(C)c1cc(CNCC2CCCCC2)c(O)c2c1C[C@H]1C[C@H]3[C@H](N(C)C)C(O)=C(C(N)=O)C(=O)[C@@]3(O)C(O)=C1C2=O. The third-order valence-electron chi connectivity index (χ3n) is 9.73. The lowest BCUT2D eigenvalue weighted by Crippen LogP contribution is -2.63. The number of carbonyl (C=O) groups is 3. The molecule has 4 aliphatic carbocycles. The quantitative estimate of drug-likeness (QED) is 0.260. The van der Waals surface area contributed by atoms with Crippen molar-refractivity contribution >= 4 is 23.2 Å². The third kappa shape index (κ3) is 4.58. The van der Waals surface area contributed by atoms with Gasteiger partial charge in [-0.25, -0.2) is 0 Å². The molecular formula is C31H42N4O7. The van der Waals surface area contributed by atoms with Crippen LogP contribution in [0.2, 0.25) is 0 Å². The van der Waals surface area contributed by atoms with Crippen molar-refractivity contribution in [2.45, 2.75) is 63.1 Å². The van der Waals surface area contributed by atoms with Gasteiger partial charge < -0.3 is 36.4 Å². The number of aliphatic hydroxyl groups is 3. The summed E-state index contributed by atoms with van der Waals surface area (Å²) >= 11 is 0. The summed E-state index contributed by atoms with van der Waals surface area (Å²) in [6.07, 6.45) is 6.35. The first kappa shape index (κ1) is 30.1. The van der Waals surface area contributed by atoms with Crippen molar-refractivity contribution in [2.75, 3.05) is 39.6 Å². The minimum atomic E-state index is -2.65. The number of phenols is 1. The van der Waals surface area contributed by atoms with Gasteiger partial charge in [0.05, 0.1) is 11.6 Å². The van der Waals surface area contributed by atoms with Crippen LogP contribution in [0.25, 0.3) is 0 Å². The lowest BCUT2D eigenvalue weighted by Gasteiger charge is -2.50. The second kappa shape index (κ2) is 11.0. The summed E-state index contributed by atoms with van der Waals surface area (Å²) in [5.41, 5.74) is 3.75. The molecule has 4 atom stereocenters. The Morgan fingerprint density at radius 3 is 2.36 bits per heavy atom. The van der Waals surface area contributed by atoms with Crippen molar-refractivity contribution in [3.63, 3.8) is 0 Å². The fourth-order valence-electron chi connectivity index (χ4n) is 7.69. The number of aromatic hydroxyl groups is 1. The number of likely N-dealkylation sites (N-methyl/N-ethyl adjacent to an activating group) is 1. The highest BCUT2D eigenvalue weighted by molar-refractivity contribution is 6.24. The predicted octanol–water partition coefficient (Wildman–Crippen LogP) is 1.86. The molecule has 1 amide bonds. The Bertz CT molecular complexity index is 1390. The number of nitrogens with zero attached hydrogens (tertiary/aromatic N) is 2. The minimum absolute atomic E-state index is 0.0384. The van der Waals surface area contributed by atoms with Gasteiger partial charge in [-0.2, -0.15) is 0 Å². The predicted molar refractivity (Wildman–Crippen MR) is 156 cm³/mol. The lowest BCUT2D eigenvalue weighted by molar-refractivity contribution is -0.148. The molecule has 0 saturated heterocycles. The molecule has 1 aromatic rings. The number of benzene rings is 1. The van der Waals surface area contributed by atoms with Crippen LogP contribution in [-0.4, -0.2) is 89.2 Å². The number of nitrogens with one attached hydrogen (secondary N) is 1. The number of rotatable bonds is 7. The van der Waals surface area contributed by atoms with Crippen LogP contribution >= 0.6 is 0 Å². The van der Waals surface area contributed by atoms with Crippen molar-refractivity contribution in [1.29, 1.82) is 0 Å². The van der Waals surface area contributed by atoms with Crippen LogP contribution in [0.4, 0.5) is 5.69 Å². The van der Waals surface area contributed by atoms with Gasteiger partial charge >= 0.3 is 0 Å². The number of amides is 1. The maximum Gasteiger partial charge on any atom is 0.255 e. The highest BCUT2D eigenvalue weighted by Crippen LogP contribution is 2.53. The smallest absolute Gasteiger partial charge is 0.255 e. The first-order chi connectivity index (χ1) is 19.8. The van der Waals surface area contributed by atoms with Gasteiger partial charge in [-0.15, -0.1) is 0 Å². The van der Waals surface area contributed by atoms with E-state index in [1.807, 2.05) is 25.1 Å². The fourth-order valence-corrected chi connectivity index (χ4v) is 7.69. The topological polar surface area (TPSA) is 177 Å². The second-order valence-electron chi connectivity index (χ2n) is 12.7. The van der Waals surface area contributed by atoms with Crippen molar-refractivity contribution in [1.82, 2.24) is 10.2 Å². The zero-order valence-corrected chi connectivity index (χ0v) is 24.7. The molecule has 0 bridgehead atoms. The Labute approximate surface area is 245 Å². The first-order valence-electron chi connectivity index (χ1n) is 14.7. The number of carbonyl (C=O) groups excluding carboxylic acids is 3. The monoisotopic (exact) mass is 582 g/mol. The molecule has 0 spiro atoms. The minimum Gasteiger partial charge on any atom is -0.510 e. The van der Waals surface area contributed by atoms with Gasteiger partial charge in [-0.05, 0) is 69.8 Å².